The smallest absolute Gasteiger partial charge is 0.303 e. The van der Waals surface area contributed by atoms with Crippen molar-refractivity contribution in [2.45, 2.75) is 31.0 Å². The Morgan fingerprint density at radius 2 is 2.13 bits per heavy atom. The van der Waals surface area contributed by atoms with Gasteiger partial charge in [-0.05, 0) is 0 Å². The summed E-state index contributed by atoms with van der Waals surface area (Å²) >= 11 is 0. The van der Waals surface area contributed by atoms with Gasteiger partial charge in [-0.3, -0.25) is 4.79 Å². The molecular weight excluding hydrogens is 208 g/mol. The first-order valence-corrected chi connectivity index (χ1v) is 4.42. The molecule has 0 spiro atoms. The first kappa shape index (κ1) is 12.3. The fraction of sp³-hybridized carbons (Fsp3) is 0.875. The second-order valence-electron chi connectivity index (χ2n) is 3.36. The van der Waals surface area contributed by atoms with Gasteiger partial charge in [-0.15, -0.1) is 0 Å². The molecule has 0 aliphatic carbocycles. The molecule has 4 N–H and O–H groups in total. The summed E-state index contributed by atoms with van der Waals surface area (Å²) in [4.78, 5) is 10.7. The summed E-state index contributed by atoms with van der Waals surface area (Å²) in [5, 5.41) is 36.9. The minimum Gasteiger partial charge on any atom is -0.454 e. The van der Waals surface area contributed by atoms with Gasteiger partial charge >= 0.3 is 5.97 Å². The number of hydrogen-bond acceptors (Lipinski definition) is 7. The molecule has 0 aromatic carbocycles. The maximum Gasteiger partial charge on any atom is 0.303 e. The standard InChI is InChI=1S/C8H14O7/c1-4(11)14-7-6(12)5(2-9)15-8(7,13)3-10/h5-7,9-10,12-13H,2-3H2,1H3/t5-,6-,7+,8-/m1/s1. The molecule has 7 heteroatoms. The highest BCUT2D eigenvalue weighted by Gasteiger charge is 2.55. The second-order valence-corrected chi connectivity index (χ2v) is 3.36. The van der Waals surface area contributed by atoms with Gasteiger partial charge in [0.15, 0.2) is 6.10 Å². The molecule has 1 heterocycles. The summed E-state index contributed by atoms with van der Waals surface area (Å²) in [5.74, 6) is -2.90. The van der Waals surface area contributed by atoms with Crippen molar-refractivity contribution in [2.24, 2.45) is 0 Å². The van der Waals surface area contributed by atoms with Crippen LogP contribution in [0.3, 0.4) is 0 Å². The third-order valence-electron chi connectivity index (χ3n) is 2.19. The van der Waals surface area contributed by atoms with E-state index in [1.165, 1.54) is 0 Å². The van der Waals surface area contributed by atoms with E-state index >= 15 is 0 Å². The molecule has 1 fully saturated rings. The number of carbonyl (C=O) groups excluding carboxylic acids is 1. The predicted octanol–water partition coefficient (Wildman–Crippen LogP) is -2.65. The van der Waals surface area contributed by atoms with Gasteiger partial charge < -0.3 is 29.9 Å². The molecule has 4 atom stereocenters. The van der Waals surface area contributed by atoms with Gasteiger partial charge in [-0.25, -0.2) is 0 Å². The molecular formula is C8H14O7. The second kappa shape index (κ2) is 4.42. The summed E-state index contributed by atoms with van der Waals surface area (Å²) in [6.07, 6.45) is -3.88. The average molecular weight is 222 g/mol. The van der Waals surface area contributed by atoms with E-state index in [2.05, 4.69) is 4.74 Å². The van der Waals surface area contributed by atoms with E-state index in [9.17, 15) is 15.0 Å². The lowest BCUT2D eigenvalue weighted by atomic mass is 10.1. The van der Waals surface area contributed by atoms with E-state index < -0.39 is 43.3 Å². The van der Waals surface area contributed by atoms with Gasteiger partial charge in [0.1, 0.15) is 18.8 Å². The van der Waals surface area contributed by atoms with Crippen molar-refractivity contribution in [3.8, 4) is 0 Å². The molecule has 1 saturated heterocycles. The molecule has 0 bridgehead atoms. The van der Waals surface area contributed by atoms with Crippen LogP contribution in [0.2, 0.25) is 0 Å². The van der Waals surface area contributed by atoms with Crippen LogP contribution in [-0.4, -0.2) is 63.7 Å². The molecule has 0 aromatic heterocycles. The zero-order chi connectivity index (χ0) is 11.6. The zero-order valence-electron chi connectivity index (χ0n) is 8.16. The van der Waals surface area contributed by atoms with E-state index in [1.807, 2.05) is 0 Å². The Labute approximate surface area is 85.9 Å². The number of ether oxygens (including phenoxy) is 2. The average Bonchev–Trinajstić information content (AvgIpc) is 2.42. The van der Waals surface area contributed by atoms with Crippen molar-refractivity contribution in [3.63, 3.8) is 0 Å². The van der Waals surface area contributed by atoms with E-state index in [1.54, 1.807) is 0 Å². The first-order valence-electron chi connectivity index (χ1n) is 4.42. The third kappa shape index (κ3) is 2.27. The lowest BCUT2D eigenvalue weighted by Crippen LogP contribution is -2.48. The number of aliphatic hydroxyl groups is 4. The SMILES string of the molecule is CC(=O)O[C@H]1[C@H](O)[C@@H](CO)O[C@]1(O)CO. The Kier molecular flexibility index (Phi) is 3.63. The molecule has 15 heavy (non-hydrogen) atoms. The molecule has 88 valence electrons. The first-order chi connectivity index (χ1) is 6.94. The molecule has 7 nitrogen and oxygen atoms in total. The maximum atomic E-state index is 10.7. The topological polar surface area (TPSA) is 116 Å². The zero-order valence-corrected chi connectivity index (χ0v) is 8.16. The van der Waals surface area contributed by atoms with Crippen molar-refractivity contribution >= 4 is 5.97 Å². The van der Waals surface area contributed by atoms with E-state index in [0.717, 1.165) is 6.92 Å². The van der Waals surface area contributed by atoms with E-state index in [0.29, 0.717) is 0 Å². The quantitative estimate of drug-likeness (QED) is 0.385. The Morgan fingerprint density at radius 3 is 2.53 bits per heavy atom. The Hall–Kier alpha value is -0.730. The summed E-state index contributed by atoms with van der Waals surface area (Å²) in [6, 6.07) is 0. The molecule has 0 unspecified atom stereocenters. The van der Waals surface area contributed by atoms with Crippen molar-refractivity contribution in [2.75, 3.05) is 13.2 Å². The van der Waals surface area contributed by atoms with Crippen LogP contribution in [0.5, 0.6) is 0 Å². The largest absolute Gasteiger partial charge is 0.454 e. The van der Waals surface area contributed by atoms with Gasteiger partial charge in [0.2, 0.25) is 5.79 Å². The summed E-state index contributed by atoms with van der Waals surface area (Å²) in [7, 11) is 0. The van der Waals surface area contributed by atoms with E-state index in [4.69, 9.17) is 14.9 Å². The van der Waals surface area contributed by atoms with E-state index in [-0.39, 0.29) is 0 Å². The predicted molar refractivity (Wildman–Crippen MR) is 45.6 cm³/mol. The van der Waals surface area contributed by atoms with Gasteiger partial charge in [0.25, 0.3) is 0 Å². The van der Waals surface area contributed by atoms with Crippen LogP contribution in [0.1, 0.15) is 6.92 Å². The lowest BCUT2D eigenvalue weighted by molar-refractivity contribution is -0.253. The van der Waals surface area contributed by atoms with Crippen molar-refractivity contribution in [3.05, 3.63) is 0 Å². The summed E-state index contributed by atoms with van der Waals surface area (Å²) in [6.45, 7) is -0.309. The molecule has 1 rings (SSSR count). The molecule has 0 aromatic rings. The van der Waals surface area contributed by atoms with Gasteiger partial charge in [-0.1, -0.05) is 0 Å². The van der Waals surface area contributed by atoms with Crippen LogP contribution in [0.4, 0.5) is 0 Å². The molecule has 0 radical (unpaired) electrons. The van der Waals surface area contributed by atoms with Crippen LogP contribution < -0.4 is 0 Å². The Morgan fingerprint density at radius 1 is 1.53 bits per heavy atom. The maximum absolute atomic E-state index is 10.7. The minimum atomic E-state index is -2.17. The third-order valence-corrected chi connectivity index (χ3v) is 2.19. The lowest BCUT2D eigenvalue weighted by Gasteiger charge is -2.26. The number of hydrogen-bond donors (Lipinski definition) is 4. The van der Waals surface area contributed by atoms with Crippen molar-refractivity contribution < 1.29 is 34.7 Å². The summed E-state index contributed by atoms with van der Waals surface area (Å²) in [5.41, 5.74) is 0. The molecule has 1 aliphatic heterocycles. The van der Waals surface area contributed by atoms with Crippen LogP contribution >= 0.6 is 0 Å². The number of carbonyl (C=O) groups is 1. The fourth-order valence-corrected chi connectivity index (χ4v) is 1.47. The highest BCUT2D eigenvalue weighted by atomic mass is 16.7. The molecule has 1 aliphatic rings. The van der Waals surface area contributed by atoms with Crippen LogP contribution in [0, 0.1) is 0 Å². The van der Waals surface area contributed by atoms with Crippen molar-refractivity contribution in [1.82, 2.24) is 0 Å². The van der Waals surface area contributed by atoms with Gasteiger partial charge in [0, 0.05) is 6.92 Å². The van der Waals surface area contributed by atoms with Crippen LogP contribution in [0.25, 0.3) is 0 Å². The molecule has 0 amide bonds. The number of esters is 1. The van der Waals surface area contributed by atoms with Crippen molar-refractivity contribution in [1.29, 1.82) is 0 Å². The van der Waals surface area contributed by atoms with Gasteiger partial charge in [0.05, 0.1) is 6.61 Å². The number of rotatable bonds is 3. The molecule has 0 saturated carbocycles. The minimum absolute atomic E-state index is 0.554. The van der Waals surface area contributed by atoms with Gasteiger partial charge in [-0.2, -0.15) is 0 Å². The van der Waals surface area contributed by atoms with Crippen LogP contribution in [0.15, 0.2) is 0 Å². The highest BCUT2D eigenvalue weighted by molar-refractivity contribution is 5.66. The summed E-state index contributed by atoms with van der Waals surface area (Å²) < 4.78 is 9.43. The monoisotopic (exact) mass is 222 g/mol. The normalized spacial score (nSPS) is 40.5. The fourth-order valence-electron chi connectivity index (χ4n) is 1.47. The Bertz CT molecular complexity index is 243. The van der Waals surface area contributed by atoms with Crippen LogP contribution in [-0.2, 0) is 14.3 Å². The number of aliphatic hydroxyl groups excluding tert-OH is 3. The Balaban J connectivity index is 2.83. The highest BCUT2D eigenvalue weighted by Crippen LogP contribution is 2.31.